The number of rotatable bonds is 2. The van der Waals surface area contributed by atoms with Crippen LogP contribution in [0.3, 0.4) is 0 Å². The lowest BCUT2D eigenvalue weighted by Gasteiger charge is -2.01. The molecule has 1 aromatic carbocycles. The Labute approximate surface area is 96.0 Å². The van der Waals surface area contributed by atoms with E-state index in [2.05, 4.69) is 21.2 Å². The number of carbonyl (C=O) groups excluding carboxylic acids is 1. The number of hydrogen-bond acceptors (Lipinski definition) is 1. The third-order valence-electron chi connectivity index (χ3n) is 2.75. The van der Waals surface area contributed by atoms with Crippen molar-refractivity contribution in [2.45, 2.75) is 12.3 Å². The van der Waals surface area contributed by atoms with Gasteiger partial charge in [-0.1, -0.05) is 6.07 Å². The molecule has 1 saturated carbocycles. The van der Waals surface area contributed by atoms with Gasteiger partial charge in [0.2, 0.25) is 5.91 Å². The van der Waals surface area contributed by atoms with Crippen molar-refractivity contribution in [3.05, 3.63) is 34.1 Å². The SMILES string of the molecule is CNC(=O)[C@H]1C[C@@H]1c1ccc(Br)c(F)c1. The van der Waals surface area contributed by atoms with Crippen molar-refractivity contribution in [1.29, 1.82) is 0 Å². The van der Waals surface area contributed by atoms with E-state index in [1.165, 1.54) is 6.07 Å². The molecule has 15 heavy (non-hydrogen) atoms. The van der Waals surface area contributed by atoms with E-state index in [-0.39, 0.29) is 23.6 Å². The molecular weight excluding hydrogens is 261 g/mol. The molecule has 0 bridgehead atoms. The Morgan fingerprint density at radius 3 is 2.93 bits per heavy atom. The fourth-order valence-corrected chi connectivity index (χ4v) is 2.03. The first-order valence-electron chi connectivity index (χ1n) is 4.80. The minimum atomic E-state index is -0.268. The van der Waals surface area contributed by atoms with E-state index in [4.69, 9.17) is 0 Å². The maximum absolute atomic E-state index is 13.2. The highest BCUT2D eigenvalue weighted by Gasteiger charge is 2.43. The summed E-state index contributed by atoms with van der Waals surface area (Å²) in [6.07, 6.45) is 0.820. The molecule has 0 radical (unpaired) electrons. The largest absolute Gasteiger partial charge is 0.359 e. The standard InChI is InChI=1S/C11H11BrFNO/c1-14-11(15)8-5-7(8)6-2-3-9(12)10(13)4-6/h2-4,7-8H,5H2,1H3,(H,14,15)/t7-,8+/m1/s1. The molecule has 0 spiro atoms. The first kappa shape index (κ1) is 10.6. The predicted molar refractivity (Wildman–Crippen MR) is 59.0 cm³/mol. The van der Waals surface area contributed by atoms with Crippen LogP contribution in [0, 0.1) is 11.7 Å². The van der Waals surface area contributed by atoms with E-state index >= 15 is 0 Å². The molecule has 1 N–H and O–H groups in total. The lowest BCUT2D eigenvalue weighted by Crippen LogP contribution is -2.20. The smallest absolute Gasteiger partial charge is 0.223 e. The zero-order chi connectivity index (χ0) is 11.0. The molecule has 0 saturated heterocycles. The number of nitrogens with one attached hydrogen (secondary N) is 1. The van der Waals surface area contributed by atoms with Crippen LogP contribution < -0.4 is 5.32 Å². The lowest BCUT2D eigenvalue weighted by molar-refractivity contribution is -0.121. The van der Waals surface area contributed by atoms with Gasteiger partial charge in [-0.3, -0.25) is 4.79 Å². The van der Waals surface area contributed by atoms with Gasteiger partial charge in [0.05, 0.1) is 4.47 Å². The Morgan fingerprint density at radius 2 is 2.33 bits per heavy atom. The van der Waals surface area contributed by atoms with Crippen LogP contribution in [0.2, 0.25) is 0 Å². The van der Waals surface area contributed by atoms with E-state index in [9.17, 15) is 9.18 Å². The first-order valence-corrected chi connectivity index (χ1v) is 5.59. The number of halogens is 2. The monoisotopic (exact) mass is 271 g/mol. The molecule has 0 aromatic heterocycles. The minimum absolute atomic E-state index is 0.0237. The van der Waals surface area contributed by atoms with E-state index in [0.29, 0.717) is 4.47 Å². The van der Waals surface area contributed by atoms with Crippen molar-refractivity contribution in [2.24, 2.45) is 5.92 Å². The molecule has 0 heterocycles. The third kappa shape index (κ3) is 2.04. The Bertz CT molecular complexity index is 408. The number of carbonyl (C=O) groups is 1. The topological polar surface area (TPSA) is 29.1 Å². The molecule has 2 nitrogen and oxygen atoms in total. The lowest BCUT2D eigenvalue weighted by atomic mass is 10.1. The minimum Gasteiger partial charge on any atom is -0.359 e. The summed E-state index contributed by atoms with van der Waals surface area (Å²) in [5, 5.41) is 2.61. The zero-order valence-electron chi connectivity index (χ0n) is 8.26. The van der Waals surface area contributed by atoms with Gasteiger partial charge < -0.3 is 5.32 Å². The van der Waals surface area contributed by atoms with Crippen LogP contribution >= 0.6 is 15.9 Å². The molecule has 1 amide bonds. The van der Waals surface area contributed by atoms with Crippen molar-refractivity contribution in [2.75, 3.05) is 7.05 Å². The van der Waals surface area contributed by atoms with Crippen molar-refractivity contribution in [3.63, 3.8) is 0 Å². The highest BCUT2D eigenvalue weighted by Crippen LogP contribution is 2.47. The maximum Gasteiger partial charge on any atom is 0.223 e. The van der Waals surface area contributed by atoms with Crippen molar-refractivity contribution < 1.29 is 9.18 Å². The molecular formula is C11H11BrFNO. The number of hydrogen-bond donors (Lipinski definition) is 1. The summed E-state index contributed by atoms with van der Waals surface area (Å²) in [5.74, 6) is -0.0125. The normalized spacial score (nSPS) is 23.7. The van der Waals surface area contributed by atoms with E-state index in [1.54, 1.807) is 13.1 Å². The summed E-state index contributed by atoms with van der Waals surface area (Å²) < 4.78 is 13.7. The van der Waals surface area contributed by atoms with Gasteiger partial charge >= 0.3 is 0 Å². The van der Waals surface area contributed by atoms with Crippen LogP contribution in [0.1, 0.15) is 17.9 Å². The fourth-order valence-electron chi connectivity index (χ4n) is 1.78. The van der Waals surface area contributed by atoms with Crippen LogP contribution in [-0.2, 0) is 4.79 Å². The van der Waals surface area contributed by atoms with Gasteiger partial charge in [-0.05, 0) is 46.0 Å². The van der Waals surface area contributed by atoms with Crippen LogP contribution in [-0.4, -0.2) is 13.0 Å². The second kappa shape index (κ2) is 3.93. The highest BCUT2D eigenvalue weighted by molar-refractivity contribution is 9.10. The molecule has 2 rings (SSSR count). The summed E-state index contributed by atoms with van der Waals surface area (Å²) in [4.78, 5) is 11.3. The molecule has 1 aliphatic carbocycles. The Kier molecular flexibility index (Phi) is 2.78. The maximum atomic E-state index is 13.2. The van der Waals surface area contributed by atoms with Crippen LogP contribution in [0.4, 0.5) is 4.39 Å². The van der Waals surface area contributed by atoms with Gasteiger partial charge in [0.1, 0.15) is 5.82 Å². The molecule has 1 fully saturated rings. The Hall–Kier alpha value is -0.900. The Morgan fingerprint density at radius 1 is 1.60 bits per heavy atom. The molecule has 1 aliphatic rings. The quantitative estimate of drug-likeness (QED) is 0.880. The van der Waals surface area contributed by atoms with Gasteiger partial charge in [-0.25, -0.2) is 4.39 Å². The third-order valence-corrected chi connectivity index (χ3v) is 3.39. The average molecular weight is 272 g/mol. The number of amides is 1. The van der Waals surface area contributed by atoms with Gasteiger partial charge in [0.25, 0.3) is 0 Å². The molecule has 2 atom stereocenters. The van der Waals surface area contributed by atoms with Gasteiger partial charge in [0, 0.05) is 13.0 Å². The van der Waals surface area contributed by atoms with Gasteiger partial charge in [0.15, 0.2) is 0 Å². The zero-order valence-corrected chi connectivity index (χ0v) is 9.84. The van der Waals surface area contributed by atoms with E-state index < -0.39 is 0 Å². The summed E-state index contributed by atoms with van der Waals surface area (Å²) in [7, 11) is 1.62. The predicted octanol–water partition coefficient (Wildman–Crippen LogP) is 2.44. The van der Waals surface area contributed by atoms with Gasteiger partial charge in [-0.15, -0.1) is 0 Å². The second-order valence-corrected chi connectivity index (χ2v) is 4.59. The first-order chi connectivity index (χ1) is 7.13. The molecule has 80 valence electrons. The summed E-state index contributed by atoms with van der Waals surface area (Å²) in [5.41, 5.74) is 0.907. The fraction of sp³-hybridized carbons (Fsp3) is 0.364. The van der Waals surface area contributed by atoms with E-state index in [1.807, 2.05) is 6.07 Å². The molecule has 0 aliphatic heterocycles. The van der Waals surface area contributed by atoms with Crippen molar-refractivity contribution >= 4 is 21.8 Å². The van der Waals surface area contributed by atoms with Crippen molar-refractivity contribution in [3.8, 4) is 0 Å². The van der Waals surface area contributed by atoms with Crippen LogP contribution in [0.25, 0.3) is 0 Å². The van der Waals surface area contributed by atoms with Crippen LogP contribution in [0.15, 0.2) is 22.7 Å². The molecule has 4 heteroatoms. The summed E-state index contributed by atoms with van der Waals surface area (Å²) in [6, 6.07) is 5.04. The van der Waals surface area contributed by atoms with Gasteiger partial charge in [-0.2, -0.15) is 0 Å². The molecule has 0 unspecified atom stereocenters. The summed E-state index contributed by atoms with van der Waals surface area (Å²) in [6.45, 7) is 0. The molecule has 1 aromatic rings. The second-order valence-electron chi connectivity index (χ2n) is 3.74. The highest BCUT2D eigenvalue weighted by atomic mass is 79.9. The van der Waals surface area contributed by atoms with E-state index in [0.717, 1.165) is 12.0 Å². The average Bonchev–Trinajstić information content (AvgIpc) is 3.01. The Balaban J connectivity index is 2.13. The number of benzene rings is 1. The van der Waals surface area contributed by atoms with Crippen LogP contribution in [0.5, 0.6) is 0 Å². The summed E-state index contributed by atoms with van der Waals surface area (Å²) >= 11 is 3.10. The van der Waals surface area contributed by atoms with Crippen molar-refractivity contribution in [1.82, 2.24) is 5.32 Å².